The molecular weight excluding hydrogens is 168 g/mol. The van der Waals surface area contributed by atoms with Crippen molar-refractivity contribution in [1.29, 1.82) is 0 Å². The minimum Gasteiger partial charge on any atom is -0.353 e. The molecule has 0 unspecified atom stereocenters. The highest BCUT2D eigenvalue weighted by molar-refractivity contribution is 6.35. The summed E-state index contributed by atoms with van der Waals surface area (Å²) in [5.74, 6) is -0.236. The van der Waals surface area contributed by atoms with Gasteiger partial charge in [0.2, 0.25) is 0 Å². The van der Waals surface area contributed by atoms with Crippen molar-refractivity contribution in [3.63, 3.8) is 0 Å². The van der Waals surface area contributed by atoms with Crippen LogP contribution in [-0.2, 0) is 9.47 Å². The van der Waals surface area contributed by atoms with Gasteiger partial charge in [-0.05, 0) is 12.8 Å². The van der Waals surface area contributed by atoms with Gasteiger partial charge in [-0.2, -0.15) is 0 Å². The van der Waals surface area contributed by atoms with Gasteiger partial charge in [0.25, 0.3) is 0 Å². The first-order valence-electron chi connectivity index (χ1n) is 4.86. The third kappa shape index (κ3) is 2.09. The van der Waals surface area contributed by atoms with E-state index < -0.39 is 0 Å². The Balaban J connectivity index is 2.42. The van der Waals surface area contributed by atoms with Gasteiger partial charge in [-0.1, -0.05) is 12.1 Å². The Morgan fingerprint density at radius 1 is 1.17 bits per heavy atom. The minimum absolute atomic E-state index is 0.193. The molecule has 0 aromatic heterocycles. The topological polar surface area (TPSA) is 18.5 Å². The molecule has 1 aliphatic carbocycles. The van der Waals surface area contributed by atoms with Crippen molar-refractivity contribution >= 4 is 9.52 Å². The molecule has 1 aliphatic rings. The number of hydrogen-bond acceptors (Lipinski definition) is 2. The number of methoxy groups -OCH3 is 2. The van der Waals surface area contributed by atoms with E-state index in [0.29, 0.717) is 0 Å². The van der Waals surface area contributed by atoms with Gasteiger partial charge in [-0.25, -0.2) is 0 Å². The van der Waals surface area contributed by atoms with Gasteiger partial charge in [-0.3, -0.25) is 0 Å². The number of hydrogen-bond donors (Lipinski definition) is 0. The van der Waals surface area contributed by atoms with Crippen LogP contribution in [0.3, 0.4) is 0 Å². The van der Waals surface area contributed by atoms with Gasteiger partial charge in [0.15, 0.2) is 5.79 Å². The molecule has 0 radical (unpaired) electrons. The Morgan fingerprint density at radius 3 is 2.00 bits per heavy atom. The van der Waals surface area contributed by atoms with E-state index in [2.05, 4.69) is 6.55 Å². The maximum absolute atomic E-state index is 5.41. The van der Waals surface area contributed by atoms with Crippen LogP contribution >= 0.6 is 0 Å². The smallest absolute Gasteiger partial charge is 0.167 e. The number of rotatable bonds is 3. The Kier molecular flexibility index (Phi) is 3.74. The van der Waals surface area contributed by atoms with Crippen molar-refractivity contribution in [3.05, 3.63) is 0 Å². The zero-order valence-electron chi connectivity index (χ0n) is 8.43. The lowest BCUT2D eigenvalue weighted by atomic mass is 9.93. The molecule has 12 heavy (non-hydrogen) atoms. The van der Waals surface area contributed by atoms with Crippen molar-refractivity contribution in [1.82, 2.24) is 0 Å². The molecular formula is C9H20O2Si. The van der Waals surface area contributed by atoms with E-state index in [1.165, 1.54) is 12.8 Å². The average molecular weight is 188 g/mol. The predicted octanol–water partition coefficient (Wildman–Crippen LogP) is 1.55. The summed E-state index contributed by atoms with van der Waals surface area (Å²) >= 11 is 0. The van der Waals surface area contributed by atoms with Crippen molar-refractivity contribution in [2.45, 2.75) is 43.6 Å². The van der Waals surface area contributed by atoms with Gasteiger partial charge >= 0.3 is 0 Å². The monoisotopic (exact) mass is 188 g/mol. The van der Waals surface area contributed by atoms with Gasteiger partial charge in [0.1, 0.15) is 0 Å². The van der Waals surface area contributed by atoms with E-state index in [9.17, 15) is 0 Å². The van der Waals surface area contributed by atoms with E-state index >= 15 is 0 Å². The molecule has 1 rings (SSSR count). The maximum atomic E-state index is 5.41. The van der Waals surface area contributed by atoms with E-state index in [-0.39, 0.29) is 15.3 Å². The highest BCUT2D eigenvalue weighted by atomic mass is 28.2. The van der Waals surface area contributed by atoms with Gasteiger partial charge in [0.05, 0.1) is 0 Å². The second kappa shape index (κ2) is 4.39. The fourth-order valence-corrected chi connectivity index (χ4v) is 3.24. The van der Waals surface area contributed by atoms with Crippen LogP contribution in [0.5, 0.6) is 0 Å². The second-order valence-electron chi connectivity index (χ2n) is 3.67. The van der Waals surface area contributed by atoms with Crippen LogP contribution < -0.4 is 0 Å². The standard InChI is InChI=1S/C9H20O2Si/c1-10-9(11-2)6-4-8(12-3)5-7-9/h8H,4-7,12H2,1-3H3. The van der Waals surface area contributed by atoms with E-state index in [0.717, 1.165) is 18.4 Å². The molecule has 0 atom stereocenters. The van der Waals surface area contributed by atoms with E-state index in [4.69, 9.17) is 9.47 Å². The lowest BCUT2D eigenvalue weighted by Gasteiger charge is -2.37. The molecule has 0 bridgehead atoms. The molecule has 72 valence electrons. The molecule has 0 saturated heterocycles. The molecule has 1 saturated carbocycles. The summed E-state index contributed by atoms with van der Waals surface area (Å²) in [5.41, 5.74) is 1.03. The zero-order valence-corrected chi connectivity index (χ0v) is 9.84. The normalized spacial score (nSPS) is 25.2. The summed E-state index contributed by atoms with van der Waals surface area (Å²) < 4.78 is 10.8. The van der Waals surface area contributed by atoms with Crippen LogP contribution in [0, 0.1) is 0 Å². The van der Waals surface area contributed by atoms with Crippen molar-refractivity contribution in [3.8, 4) is 0 Å². The van der Waals surface area contributed by atoms with Crippen LogP contribution in [0.4, 0.5) is 0 Å². The van der Waals surface area contributed by atoms with Gasteiger partial charge < -0.3 is 9.47 Å². The Bertz CT molecular complexity index is 124. The van der Waals surface area contributed by atoms with Crippen LogP contribution in [0.1, 0.15) is 25.7 Å². The lowest BCUT2D eigenvalue weighted by molar-refractivity contribution is -0.222. The largest absolute Gasteiger partial charge is 0.353 e. The second-order valence-corrected chi connectivity index (χ2v) is 5.64. The summed E-state index contributed by atoms with van der Waals surface area (Å²) in [6, 6.07) is 0. The predicted molar refractivity (Wildman–Crippen MR) is 53.4 cm³/mol. The number of ether oxygens (including phenoxy) is 2. The van der Waals surface area contributed by atoms with Gasteiger partial charge in [0, 0.05) is 36.6 Å². The molecule has 0 aliphatic heterocycles. The third-order valence-corrected chi connectivity index (χ3v) is 5.16. The first kappa shape index (κ1) is 10.2. The summed E-state index contributed by atoms with van der Waals surface area (Å²) in [5, 5.41) is 0. The maximum Gasteiger partial charge on any atom is 0.167 e. The van der Waals surface area contributed by atoms with E-state index in [1.807, 2.05) is 0 Å². The zero-order chi connectivity index (χ0) is 9.03. The Labute approximate surface area is 77.5 Å². The van der Waals surface area contributed by atoms with Crippen LogP contribution in [-0.4, -0.2) is 29.5 Å². The fraction of sp³-hybridized carbons (Fsp3) is 1.00. The minimum atomic E-state index is -0.236. The molecule has 0 heterocycles. The van der Waals surface area contributed by atoms with Crippen molar-refractivity contribution in [2.24, 2.45) is 0 Å². The molecule has 3 heteroatoms. The molecule has 0 aromatic rings. The molecule has 1 fully saturated rings. The van der Waals surface area contributed by atoms with Crippen molar-refractivity contribution in [2.75, 3.05) is 14.2 Å². The molecule has 0 amide bonds. The third-order valence-electron chi connectivity index (χ3n) is 3.19. The first-order chi connectivity index (χ1) is 5.76. The fourth-order valence-electron chi connectivity index (χ4n) is 2.02. The molecule has 2 nitrogen and oxygen atoms in total. The summed E-state index contributed by atoms with van der Waals surface area (Å²) in [6.45, 7) is 2.40. The highest BCUT2D eigenvalue weighted by Gasteiger charge is 2.34. The summed E-state index contributed by atoms with van der Waals surface area (Å²) in [4.78, 5) is 0. The first-order valence-corrected chi connectivity index (χ1v) is 7.09. The highest BCUT2D eigenvalue weighted by Crippen LogP contribution is 2.37. The SMILES string of the molecule is COC1(OC)CCC([SiH2]C)CC1. The van der Waals surface area contributed by atoms with E-state index in [1.54, 1.807) is 14.2 Å². The average Bonchev–Trinajstić information content (AvgIpc) is 2.18. The van der Waals surface area contributed by atoms with Crippen LogP contribution in [0.2, 0.25) is 12.1 Å². The van der Waals surface area contributed by atoms with Gasteiger partial charge in [-0.15, -0.1) is 0 Å². The summed E-state index contributed by atoms with van der Waals surface area (Å²) in [6.07, 6.45) is 4.80. The summed E-state index contributed by atoms with van der Waals surface area (Å²) in [7, 11) is 3.71. The molecule has 0 aromatic carbocycles. The van der Waals surface area contributed by atoms with Crippen LogP contribution in [0.25, 0.3) is 0 Å². The van der Waals surface area contributed by atoms with Crippen molar-refractivity contribution < 1.29 is 9.47 Å². The lowest BCUT2D eigenvalue weighted by Crippen LogP contribution is -2.37. The quantitative estimate of drug-likeness (QED) is 0.494. The Morgan fingerprint density at radius 2 is 1.67 bits per heavy atom. The molecule has 0 spiro atoms. The Hall–Kier alpha value is 0.137. The molecule has 0 N–H and O–H groups in total. The van der Waals surface area contributed by atoms with Crippen LogP contribution in [0.15, 0.2) is 0 Å².